The minimum absolute atomic E-state index is 0.116. The van der Waals surface area contributed by atoms with E-state index in [1.165, 1.54) is 0 Å². The van der Waals surface area contributed by atoms with Crippen molar-refractivity contribution in [3.8, 4) is 5.75 Å². The molecule has 1 aromatic rings. The summed E-state index contributed by atoms with van der Waals surface area (Å²) in [6, 6.07) is 7.53. The first-order valence-corrected chi connectivity index (χ1v) is 9.62. The van der Waals surface area contributed by atoms with Gasteiger partial charge in [-0.15, -0.1) is 0 Å². The van der Waals surface area contributed by atoms with Gasteiger partial charge in [0.05, 0.1) is 6.54 Å². The standard InChI is InChI=1S/C21H32N2O5/c1-20(2,3)27-18(24)22-13-15-9-7-8-10-17(15)26-16-11-12-23(14-16)19(25)28-21(4,5)6/h7-10,16H,11-14H2,1-6H3,(H,22,24). The predicted molar refractivity (Wildman–Crippen MR) is 106 cm³/mol. The number of hydrogen-bond acceptors (Lipinski definition) is 5. The Balaban J connectivity index is 1.91. The van der Waals surface area contributed by atoms with Gasteiger partial charge in [-0.1, -0.05) is 18.2 Å². The number of carbonyl (C=O) groups excluding carboxylic acids is 2. The molecule has 0 saturated carbocycles. The number of para-hydroxylation sites is 1. The smallest absolute Gasteiger partial charge is 0.410 e. The van der Waals surface area contributed by atoms with Crippen LogP contribution in [0.15, 0.2) is 24.3 Å². The molecule has 156 valence electrons. The Morgan fingerprint density at radius 3 is 2.36 bits per heavy atom. The van der Waals surface area contributed by atoms with Gasteiger partial charge in [0.15, 0.2) is 0 Å². The summed E-state index contributed by atoms with van der Waals surface area (Å²) in [6.07, 6.45) is -0.180. The number of ether oxygens (including phenoxy) is 3. The van der Waals surface area contributed by atoms with E-state index in [1.807, 2.05) is 65.8 Å². The van der Waals surface area contributed by atoms with E-state index < -0.39 is 17.3 Å². The first-order chi connectivity index (χ1) is 12.9. The van der Waals surface area contributed by atoms with Gasteiger partial charge in [-0.3, -0.25) is 0 Å². The molecule has 7 heteroatoms. The van der Waals surface area contributed by atoms with Gasteiger partial charge in [-0.25, -0.2) is 9.59 Å². The Morgan fingerprint density at radius 1 is 1.07 bits per heavy atom. The molecule has 1 saturated heterocycles. The molecule has 1 unspecified atom stereocenters. The van der Waals surface area contributed by atoms with E-state index in [2.05, 4.69) is 5.32 Å². The van der Waals surface area contributed by atoms with Crippen molar-refractivity contribution in [2.24, 2.45) is 0 Å². The van der Waals surface area contributed by atoms with Gasteiger partial charge in [0, 0.05) is 25.1 Å². The van der Waals surface area contributed by atoms with Crippen LogP contribution in [-0.2, 0) is 16.0 Å². The van der Waals surface area contributed by atoms with Gasteiger partial charge in [-0.05, 0) is 47.6 Å². The maximum Gasteiger partial charge on any atom is 0.410 e. The molecule has 28 heavy (non-hydrogen) atoms. The quantitative estimate of drug-likeness (QED) is 0.835. The van der Waals surface area contributed by atoms with Gasteiger partial charge in [-0.2, -0.15) is 0 Å². The van der Waals surface area contributed by atoms with Crippen LogP contribution in [0.3, 0.4) is 0 Å². The Hall–Kier alpha value is -2.44. The van der Waals surface area contributed by atoms with Crippen LogP contribution in [0.2, 0.25) is 0 Å². The van der Waals surface area contributed by atoms with Crippen molar-refractivity contribution in [3.05, 3.63) is 29.8 Å². The van der Waals surface area contributed by atoms with Crippen LogP contribution in [0.25, 0.3) is 0 Å². The summed E-state index contributed by atoms with van der Waals surface area (Å²) in [5.41, 5.74) is -0.213. The minimum Gasteiger partial charge on any atom is -0.488 e. The molecule has 1 heterocycles. The number of hydrogen-bond donors (Lipinski definition) is 1. The molecule has 0 bridgehead atoms. The number of nitrogens with one attached hydrogen (secondary N) is 1. The summed E-state index contributed by atoms with van der Waals surface area (Å²) < 4.78 is 16.8. The van der Waals surface area contributed by atoms with Crippen molar-refractivity contribution in [2.45, 2.75) is 71.8 Å². The Bertz CT molecular complexity index is 691. The van der Waals surface area contributed by atoms with Gasteiger partial charge < -0.3 is 24.4 Å². The maximum absolute atomic E-state index is 12.2. The van der Waals surface area contributed by atoms with Crippen LogP contribution >= 0.6 is 0 Å². The van der Waals surface area contributed by atoms with Crippen molar-refractivity contribution in [2.75, 3.05) is 13.1 Å². The zero-order chi connectivity index (χ0) is 20.9. The van der Waals surface area contributed by atoms with Crippen LogP contribution < -0.4 is 10.1 Å². The van der Waals surface area contributed by atoms with E-state index in [-0.39, 0.29) is 12.2 Å². The van der Waals surface area contributed by atoms with Crippen molar-refractivity contribution >= 4 is 12.2 Å². The normalized spacial score (nSPS) is 17.2. The number of carbonyl (C=O) groups is 2. The molecule has 1 aliphatic rings. The fourth-order valence-corrected chi connectivity index (χ4v) is 2.74. The first-order valence-electron chi connectivity index (χ1n) is 9.62. The lowest BCUT2D eigenvalue weighted by molar-refractivity contribution is 0.0275. The highest BCUT2D eigenvalue weighted by atomic mass is 16.6. The van der Waals surface area contributed by atoms with E-state index in [0.717, 1.165) is 12.0 Å². The van der Waals surface area contributed by atoms with Crippen molar-refractivity contribution in [1.82, 2.24) is 10.2 Å². The topological polar surface area (TPSA) is 77.1 Å². The second-order valence-electron chi connectivity index (χ2n) is 8.92. The zero-order valence-corrected chi connectivity index (χ0v) is 17.7. The van der Waals surface area contributed by atoms with E-state index >= 15 is 0 Å². The average Bonchev–Trinajstić information content (AvgIpc) is 2.99. The molecule has 0 radical (unpaired) electrons. The van der Waals surface area contributed by atoms with Crippen LogP contribution in [0, 0.1) is 0 Å². The van der Waals surface area contributed by atoms with Gasteiger partial charge in [0.2, 0.25) is 0 Å². The fraction of sp³-hybridized carbons (Fsp3) is 0.619. The molecule has 1 aliphatic heterocycles. The number of amides is 2. The Kier molecular flexibility index (Phi) is 6.80. The summed E-state index contributed by atoms with van der Waals surface area (Å²) in [4.78, 5) is 25.8. The van der Waals surface area contributed by atoms with Gasteiger partial charge >= 0.3 is 12.2 Å². The number of nitrogens with zero attached hydrogens (tertiary/aromatic N) is 1. The molecule has 1 atom stereocenters. The monoisotopic (exact) mass is 392 g/mol. The van der Waals surface area contributed by atoms with Gasteiger partial charge in [0.1, 0.15) is 23.1 Å². The lowest BCUT2D eigenvalue weighted by Crippen LogP contribution is -2.36. The molecule has 7 nitrogen and oxygen atoms in total. The summed E-state index contributed by atoms with van der Waals surface area (Å²) >= 11 is 0. The van der Waals surface area contributed by atoms with Crippen molar-refractivity contribution in [3.63, 3.8) is 0 Å². The molecular formula is C21H32N2O5. The molecule has 0 aliphatic carbocycles. The highest BCUT2D eigenvalue weighted by molar-refractivity contribution is 5.68. The van der Waals surface area contributed by atoms with E-state index in [1.54, 1.807) is 4.90 Å². The third kappa shape index (κ3) is 7.29. The summed E-state index contributed by atoms with van der Waals surface area (Å²) in [5.74, 6) is 0.689. The largest absolute Gasteiger partial charge is 0.488 e. The van der Waals surface area contributed by atoms with Crippen LogP contribution in [0.4, 0.5) is 9.59 Å². The highest BCUT2D eigenvalue weighted by Crippen LogP contribution is 2.24. The average molecular weight is 392 g/mol. The number of benzene rings is 1. The second kappa shape index (κ2) is 8.71. The summed E-state index contributed by atoms with van der Waals surface area (Å²) in [6.45, 7) is 12.4. The minimum atomic E-state index is -0.547. The lowest BCUT2D eigenvalue weighted by Gasteiger charge is -2.24. The molecule has 2 amide bonds. The first kappa shape index (κ1) is 21.9. The van der Waals surface area contributed by atoms with Crippen molar-refractivity contribution < 1.29 is 23.8 Å². The summed E-state index contributed by atoms with van der Waals surface area (Å²) in [7, 11) is 0. The lowest BCUT2D eigenvalue weighted by atomic mass is 10.2. The zero-order valence-electron chi connectivity index (χ0n) is 17.7. The molecule has 0 aromatic heterocycles. The second-order valence-corrected chi connectivity index (χ2v) is 8.92. The Morgan fingerprint density at radius 2 is 1.71 bits per heavy atom. The van der Waals surface area contributed by atoms with E-state index in [0.29, 0.717) is 25.4 Å². The molecule has 1 fully saturated rings. The molecular weight excluding hydrogens is 360 g/mol. The maximum atomic E-state index is 12.2. The third-order valence-electron chi connectivity index (χ3n) is 3.89. The summed E-state index contributed by atoms with van der Waals surface area (Å²) in [5, 5.41) is 2.75. The molecule has 1 aromatic carbocycles. The Labute approximate surface area is 167 Å². The van der Waals surface area contributed by atoms with Crippen LogP contribution in [0.5, 0.6) is 5.75 Å². The van der Waals surface area contributed by atoms with E-state index in [9.17, 15) is 9.59 Å². The highest BCUT2D eigenvalue weighted by Gasteiger charge is 2.31. The SMILES string of the molecule is CC(C)(C)OC(=O)NCc1ccccc1OC1CCN(C(=O)OC(C)(C)C)C1. The van der Waals surface area contributed by atoms with Crippen LogP contribution in [-0.4, -0.2) is 47.5 Å². The number of rotatable bonds is 4. The third-order valence-corrected chi connectivity index (χ3v) is 3.89. The fourth-order valence-electron chi connectivity index (χ4n) is 2.74. The number of alkyl carbamates (subject to hydrolysis) is 1. The van der Waals surface area contributed by atoms with E-state index in [4.69, 9.17) is 14.2 Å². The van der Waals surface area contributed by atoms with Gasteiger partial charge in [0.25, 0.3) is 0 Å². The number of likely N-dealkylation sites (tertiary alicyclic amines) is 1. The van der Waals surface area contributed by atoms with Crippen molar-refractivity contribution in [1.29, 1.82) is 0 Å². The molecule has 0 spiro atoms. The molecule has 1 N–H and O–H groups in total. The molecule has 2 rings (SSSR count). The van der Waals surface area contributed by atoms with Crippen LogP contribution in [0.1, 0.15) is 53.5 Å². The predicted octanol–water partition coefficient (Wildman–Crippen LogP) is 4.10.